The van der Waals surface area contributed by atoms with Crippen LogP contribution in [0.25, 0.3) is 0 Å². The Morgan fingerprint density at radius 1 is 0.870 bits per heavy atom. The molecule has 0 aliphatic rings. The molecule has 0 heterocycles. The third-order valence-electron chi connectivity index (χ3n) is 3.05. The van der Waals surface area contributed by atoms with Gasteiger partial charge in [0.1, 0.15) is 0 Å². The Morgan fingerprint density at radius 3 is 1.91 bits per heavy atom. The molecule has 0 unspecified atom stereocenters. The molecule has 0 aromatic heterocycles. The first-order valence-electron chi connectivity index (χ1n) is 6.72. The number of nitrogens with zero attached hydrogens (tertiary/aromatic N) is 1. The van der Waals surface area contributed by atoms with E-state index < -0.39 is 11.8 Å². The molecule has 5 nitrogen and oxygen atoms in total. The summed E-state index contributed by atoms with van der Waals surface area (Å²) < 4.78 is 0. The van der Waals surface area contributed by atoms with Gasteiger partial charge in [0, 0.05) is 25.5 Å². The van der Waals surface area contributed by atoms with Crippen molar-refractivity contribution in [1.82, 2.24) is 0 Å². The fourth-order valence-corrected chi connectivity index (χ4v) is 2.31. The fourth-order valence-electron chi connectivity index (χ4n) is 1.82. The Bertz CT molecular complexity index is 710. The minimum Gasteiger partial charge on any atom is -0.378 e. The number of carbonyl (C=O) groups excluding carboxylic acids is 2. The van der Waals surface area contributed by atoms with Crippen molar-refractivity contribution < 1.29 is 9.59 Å². The summed E-state index contributed by atoms with van der Waals surface area (Å²) in [6, 6.07) is 11.9. The van der Waals surface area contributed by atoms with Gasteiger partial charge in [-0.1, -0.05) is 29.3 Å². The summed E-state index contributed by atoms with van der Waals surface area (Å²) >= 11 is 11.9. The Morgan fingerprint density at radius 2 is 1.39 bits per heavy atom. The second kappa shape index (κ2) is 7.35. The van der Waals surface area contributed by atoms with Crippen LogP contribution in [0.15, 0.2) is 42.5 Å². The first-order valence-corrected chi connectivity index (χ1v) is 7.48. The van der Waals surface area contributed by atoms with Crippen molar-refractivity contribution >= 4 is 52.1 Å². The van der Waals surface area contributed by atoms with Crippen molar-refractivity contribution in [2.75, 3.05) is 29.6 Å². The molecule has 0 aliphatic carbocycles. The van der Waals surface area contributed by atoms with Gasteiger partial charge in [0.25, 0.3) is 0 Å². The topological polar surface area (TPSA) is 61.4 Å². The average molecular weight is 352 g/mol. The molecule has 0 atom stereocenters. The molecule has 2 N–H and O–H groups in total. The quantitative estimate of drug-likeness (QED) is 0.830. The van der Waals surface area contributed by atoms with Crippen LogP contribution in [0, 0.1) is 0 Å². The number of para-hydroxylation sites is 1. The van der Waals surface area contributed by atoms with Gasteiger partial charge in [-0.05, 0) is 36.4 Å². The Kier molecular flexibility index (Phi) is 5.47. The lowest BCUT2D eigenvalue weighted by Gasteiger charge is -2.13. The molecular formula is C16H15Cl2N3O2. The summed E-state index contributed by atoms with van der Waals surface area (Å²) in [5.41, 5.74) is 1.70. The van der Waals surface area contributed by atoms with E-state index in [1.54, 1.807) is 30.3 Å². The van der Waals surface area contributed by atoms with Crippen LogP contribution in [0.5, 0.6) is 0 Å². The van der Waals surface area contributed by atoms with Gasteiger partial charge >= 0.3 is 11.8 Å². The van der Waals surface area contributed by atoms with Gasteiger partial charge in [-0.2, -0.15) is 0 Å². The van der Waals surface area contributed by atoms with Crippen molar-refractivity contribution in [3.8, 4) is 0 Å². The number of hydrogen-bond acceptors (Lipinski definition) is 3. The minimum atomic E-state index is -0.850. The summed E-state index contributed by atoms with van der Waals surface area (Å²) in [7, 11) is 3.82. The van der Waals surface area contributed by atoms with Crippen LogP contribution in [-0.4, -0.2) is 25.9 Å². The number of benzene rings is 2. The highest BCUT2D eigenvalue weighted by atomic mass is 35.5. The monoisotopic (exact) mass is 351 g/mol. The van der Waals surface area contributed by atoms with Crippen LogP contribution in [0.4, 0.5) is 17.1 Å². The maximum absolute atomic E-state index is 11.9. The number of carbonyl (C=O) groups is 2. The SMILES string of the molecule is CN(C)c1ccc(NC(=O)C(=O)Nc2c(Cl)cccc2Cl)cc1. The zero-order chi connectivity index (χ0) is 17.0. The maximum atomic E-state index is 11.9. The van der Waals surface area contributed by atoms with E-state index in [1.165, 1.54) is 0 Å². The molecule has 2 amide bonds. The predicted molar refractivity (Wildman–Crippen MR) is 94.5 cm³/mol. The lowest BCUT2D eigenvalue weighted by atomic mass is 10.2. The fraction of sp³-hybridized carbons (Fsp3) is 0.125. The van der Waals surface area contributed by atoms with Crippen LogP contribution in [0.1, 0.15) is 0 Å². The van der Waals surface area contributed by atoms with Crippen LogP contribution >= 0.6 is 23.2 Å². The van der Waals surface area contributed by atoms with Gasteiger partial charge < -0.3 is 15.5 Å². The van der Waals surface area contributed by atoms with E-state index in [4.69, 9.17) is 23.2 Å². The number of nitrogens with one attached hydrogen (secondary N) is 2. The Labute approximate surface area is 144 Å². The van der Waals surface area contributed by atoms with Gasteiger partial charge in [0.15, 0.2) is 0 Å². The molecule has 2 rings (SSSR count). The zero-order valence-corrected chi connectivity index (χ0v) is 14.1. The average Bonchev–Trinajstić information content (AvgIpc) is 2.51. The van der Waals surface area contributed by atoms with E-state index in [2.05, 4.69) is 10.6 Å². The molecule has 2 aromatic carbocycles. The molecule has 0 radical (unpaired) electrons. The lowest BCUT2D eigenvalue weighted by Crippen LogP contribution is -2.29. The molecule has 2 aromatic rings. The van der Waals surface area contributed by atoms with Crippen molar-refractivity contribution in [3.05, 3.63) is 52.5 Å². The number of amides is 2. The summed E-state index contributed by atoms with van der Waals surface area (Å²) in [5.74, 6) is -1.66. The third-order valence-corrected chi connectivity index (χ3v) is 3.68. The second-order valence-corrected chi connectivity index (χ2v) is 5.76. The van der Waals surface area contributed by atoms with Crippen LogP contribution in [0.3, 0.4) is 0 Å². The Hall–Kier alpha value is -2.24. The van der Waals surface area contributed by atoms with E-state index in [0.717, 1.165) is 5.69 Å². The molecule has 0 bridgehead atoms. The summed E-state index contributed by atoms with van der Waals surface area (Å²) in [6.45, 7) is 0. The predicted octanol–water partition coefficient (Wildman–Crippen LogP) is 3.64. The molecule has 0 fully saturated rings. The van der Waals surface area contributed by atoms with Crippen molar-refractivity contribution in [1.29, 1.82) is 0 Å². The molecule has 23 heavy (non-hydrogen) atoms. The number of hydrogen-bond donors (Lipinski definition) is 2. The van der Waals surface area contributed by atoms with Crippen molar-refractivity contribution in [2.24, 2.45) is 0 Å². The third kappa shape index (κ3) is 4.37. The van der Waals surface area contributed by atoms with Gasteiger partial charge in [-0.3, -0.25) is 9.59 Å². The van der Waals surface area contributed by atoms with Crippen LogP contribution < -0.4 is 15.5 Å². The Balaban J connectivity index is 2.04. The standard InChI is InChI=1S/C16H15Cl2N3O2/c1-21(2)11-8-6-10(7-9-11)19-15(22)16(23)20-14-12(17)4-3-5-13(14)18/h3-9H,1-2H3,(H,19,22)(H,20,23). The smallest absolute Gasteiger partial charge is 0.314 e. The van der Waals surface area contributed by atoms with Crippen molar-refractivity contribution in [3.63, 3.8) is 0 Å². The largest absolute Gasteiger partial charge is 0.378 e. The number of halogens is 2. The highest BCUT2D eigenvalue weighted by Crippen LogP contribution is 2.29. The van der Waals surface area contributed by atoms with Crippen LogP contribution in [-0.2, 0) is 9.59 Å². The second-order valence-electron chi connectivity index (χ2n) is 4.95. The van der Waals surface area contributed by atoms with Gasteiger partial charge in [-0.15, -0.1) is 0 Å². The molecule has 0 saturated heterocycles. The summed E-state index contributed by atoms with van der Waals surface area (Å²) in [5, 5.41) is 5.43. The van der Waals surface area contributed by atoms with E-state index in [-0.39, 0.29) is 15.7 Å². The van der Waals surface area contributed by atoms with Gasteiger partial charge in [-0.25, -0.2) is 0 Å². The van der Waals surface area contributed by atoms with E-state index >= 15 is 0 Å². The minimum absolute atomic E-state index is 0.207. The first kappa shape index (κ1) is 17.1. The van der Waals surface area contributed by atoms with Gasteiger partial charge in [0.05, 0.1) is 15.7 Å². The lowest BCUT2D eigenvalue weighted by molar-refractivity contribution is -0.132. The highest BCUT2D eigenvalue weighted by Gasteiger charge is 2.17. The van der Waals surface area contributed by atoms with E-state index in [1.807, 2.05) is 31.1 Å². The number of rotatable bonds is 3. The molecule has 0 spiro atoms. The zero-order valence-electron chi connectivity index (χ0n) is 12.6. The first-order chi connectivity index (χ1) is 10.9. The molecule has 0 aliphatic heterocycles. The molecule has 0 saturated carbocycles. The molecule has 120 valence electrons. The maximum Gasteiger partial charge on any atom is 0.314 e. The van der Waals surface area contributed by atoms with Crippen molar-refractivity contribution in [2.45, 2.75) is 0 Å². The summed E-state index contributed by atoms with van der Waals surface area (Å²) in [6.07, 6.45) is 0. The molecular weight excluding hydrogens is 337 g/mol. The highest BCUT2D eigenvalue weighted by molar-refractivity contribution is 6.46. The summed E-state index contributed by atoms with van der Waals surface area (Å²) in [4.78, 5) is 25.8. The van der Waals surface area contributed by atoms with E-state index in [0.29, 0.717) is 5.69 Å². The van der Waals surface area contributed by atoms with E-state index in [9.17, 15) is 9.59 Å². The molecule has 7 heteroatoms. The van der Waals surface area contributed by atoms with Crippen LogP contribution in [0.2, 0.25) is 10.0 Å². The number of anilines is 3. The normalized spacial score (nSPS) is 10.1. The van der Waals surface area contributed by atoms with Gasteiger partial charge in [0.2, 0.25) is 0 Å².